The fourth-order valence-corrected chi connectivity index (χ4v) is 5.89. The molecule has 0 unspecified atom stereocenters. The molecule has 0 bridgehead atoms. The first-order valence-electron chi connectivity index (χ1n) is 15.5. The molecule has 242 valence electrons. The second-order valence-corrected chi connectivity index (χ2v) is 13.1. The van der Waals surface area contributed by atoms with Gasteiger partial charge < -0.3 is 19.1 Å². The molecule has 2 amide bonds. The number of aromatic nitrogens is 4. The Bertz CT molecular complexity index is 1780. The number of ether oxygens (including phenoxy) is 1. The fourth-order valence-electron chi connectivity index (χ4n) is 5.89. The van der Waals surface area contributed by atoms with Gasteiger partial charge >= 0.3 is 6.09 Å². The second-order valence-electron chi connectivity index (χ2n) is 13.1. The summed E-state index contributed by atoms with van der Waals surface area (Å²) in [5.74, 6) is 0.673. The third kappa shape index (κ3) is 6.35. The molecule has 4 heterocycles. The number of piperazine rings is 1. The van der Waals surface area contributed by atoms with Crippen LogP contribution in [0.25, 0.3) is 22.0 Å². The van der Waals surface area contributed by atoms with Crippen molar-refractivity contribution in [2.75, 3.05) is 42.5 Å². The van der Waals surface area contributed by atoms with Crippen molar-refractivity contribution >= 4 is 34.4 Å². The quantitative estimate of drug-likeness (QED) is 0.259. The van der Waals surface area contributed by atoms with Crippen molar-refractivity contribution in [2.45, 2.75) is 64.9 Å². The minimum atomic E-state index is -0.698. The number of hydrogen-bond acceptors (Lipinski definition) is 9. The molecule has 4 aromatic rings. The monoisotopic (exact) mass is 633 g/mol. The molecule has 2 aliphatic heterocycles. The van der Waals surface area contributed by atoms with Gasteiger partial charge in [0.15, 0.2) is 5.82 Å². The Morgan fingerprint density at radius 1 is 1.04 bits per heavy atom. The SMILES string of the molecule is CC(C)c1nc(C2CCN(c3ncnc4c(-c5ccc(N6CCN(C(=O)OC(C)(C)C)CC6=O)c(F)c5)cc(F)cc34)CC2)no1. The van der Waals surface area contributed by atoms with Gasteiger partial charge in [-0.2, -0.15) is 4.98 Å². The molecule has 0 N–H and O–H groups in total. The first-order valence-corrected chi connectivity index (χ1v) is 15.5. The highest BCUT2D eigenvalue weighted by Gasteiger charge is 2.32. The van der Waals surface area contributed by atoms with Crippen LogP contribution in [0.2, 0.25) is 0 Å². The van der Waals surface area contributed by atoms with E-state index in [9.17, 15) is 9.59 Å². The Kier molecular flexibility index (Phi) is 8.34. The summed E-state index contributed by atoms with van der Waals surface area (Å²) >= 11 is 0. The molecular weight excluding hydrogens is 596 g/mol. The van der Waals surface area contributed by atoms with Crippen LogP contribution in [0.3, 0.4) is 0 Å². The molecule has 2 aliphatic rings. The van der Waals surface area contributed by atoms with Gasteiger partial charge in [0.2, 0.25) is 11.8 Å². The predicted octanol–water partition coefficient (Wildman–Crippen LogP) is 6.05. The van der Waals surface area contributed by atoms with E-state index in [1.807, 2.05) is 13.8 Å². The van der Waals surface area contributed by atoms with E-state index in [1.165, 1.54) is 40.4 Å². The highest BCUT2D eigenvalue weighted by atomic mass is 19.1. The van der Waals surface area contributed by atoms with Crippen LogP contribution in [0.15, 0.2) is 41.2 Å². The number of carbonyl (C=O) groups excluding carboxylic acids is 2. The number of fused-ring (bicyclic) bond motifs is 1. The van der Waals surface area contributed by atoms with E-state index in [-0.39, 0.29) is 37.2 Å². The Morgan fingerprint density at radius 3 is 2.46 bits per heavy atom. The minimum absolute atomic E-state index is 0.0820. The topological polar surface area (TPSA) is 118 Å². The smallest absolute Gasteiger partial charge is 0.410 e. The molecule has 11 nitrogen and oxygen atoms in total. The number of halogens is 2. The molecule has 13 heteroatoms. The number of carbonyl (C=O) groups is 2. The zero-order valence-corrected chi connectivity index (χ0v) is 26.6. The number of benzene rings is 2. The largest absolute Gasteiger partial charge is 0.444 e. The summed E-state index contributed by atoms with van der Waals surface area (Å²) < 4.78 is 41.5. The number of hydrogen-bond donors (Lipinski definition) is 0. The van der Waals surface area contributed by atoms with Crippen LogP contribution in [0.1, 0.15) is 71.0 Å². The number of anilines is 2. The van der Waals surface area contributed by atoms with E-state index < -0.39 is 29.2 Å². The average molecular weight is 634 g/mol. The van der Waals surface area contributed by atoms with Crippen molar-refractivity contribution in [3.05, 3.63) is 60.0 Å². The van der Waals surface area contributed by atoms with Crippen LogP contribution >= 0.6 is 0 Å². The van der Waals surface area contributed by atoms with Gasteiger partial charge in [-0.3, -0.25) is 9.69 Å². The van der Waals surface area contributed by atoms with E-state index in [0.29, 0.717) is 52.7 Å². The summed E-state index contributed by atoms with van der Waals surface area (Å²) in [5.41, 5.74) is 0.692. The maximum Gasteiger partial charge on any atom is 0.410 e. The second kappa shape index (κ2) is 12.3. The number of amides is 2. The van der Waals surface area contributed by atoms with E-state index >= 15 is 8.78 Å². The van der Waals surface area contributed by atoms with Gasteiger partial charge in [-0.1, -0.05) is 25.1 Å². The zero-order chi connectivity index (χ0) is 32.7. The van der Waals surface area contributed by atoms with Crippen LogP contribution in [-0.4, -0.2) is 75.3 Å². The lowest BCUT2D eigenvalue weighted by Gasteiger charge is -2.35. The lowest BCUT2D eigenvalue weighted by Crippen LogP contribution is -2.53. The van der Waals surface area contributed by atoms with Crippen LogP contribution < -0.4 is 9.80 Å². The third-order valence-electron chi connectivity index (χ3n) is 8.22. The fraction of sp³-hybridized carbons (Fsp3) is 0.455. The summed E-state index contributed by atoms with van der Waals surface area (Å²) in [5, 5.41) is 4.71. The molecule has 2 saturated heterocycles. The van der Waals surface area contributed by atoms with Gasteiger partial charge in [0.25, 0.3) is 0 Å². The number of rotatable bonds is 5. The number of nitrogens with zero attached hydrogens (tertiary/aromatic N) is 7. The van der Waals surface area contributed by atoms with Gasteiger partial charge in [0.1, 0.15) is 35.9 Å². The van der Waals surface area contributed by atoms with Crippen LogP contribution in [0.4, 0.5) is 25.1 Å². The first kappa shape index (κ1) is 31.3. The zero-order valence-electron chi connectivity index (χ0n) is 26.6. The summed E-state index contributed by atoms with van der Waals surface area (Å²) in [7, 11) is 0. The molecule has 2 aromatic heterocycles. The maximum atomic E-state index is 15.6. The molecule has 0 radical (unpaired) electrons. The Labute approximate surface area is 265 Å². The Balaban J connectivity index is 1.21. The van der Waals surface area contributed by atoms with Gasteiger partial charge in [0, 0.05) is 49.0 Å². The molecule has 0 aliphatic carbocycles. The van der Waals surface area contributed by atoms with Gasteiger partial charge in [-0.25, -0.2) is 23.5 Å². The van der Waals surface area contributed by atoms with E-state index in [2.05, 4.69) is 25.0 Å². The van der Waals surface area contributed by atoms with E-state index in [4.69, 9.17) is 9.26 Å². The molecule has 2 aromatic carbocycles. The molecule has 0 atom stereocenters. The minimum Gasteiger partial charge on any atom is -0.444 e. The predicted molar refractivity (Wildman–Crippen MR) is 168 cm³/mol. The molecule has 2 fully saturated rings. The normalized spacial score (nSPS) is 16.5. The van der Waals surface area contributed by atoms with Crippen molar-refractivity contribution in [3.8, 4) is 11.1 Å². The van der Waals surface area contributed by atoms with Crippen molar-refractivity contribution in [2.24, 2.45) is 0 Å². The van der Waals surface area contributed by atoms with Gasteiger partial charge in [-0.15, -0.1) is 0 Å². The summed E-state index contributed by atoms with van der Waals surface area (Å²) in [6.07, 6.45) is 2.41. The highest BCUT2D eigenvalue weighted by molar-refractivity contribution is 6.00. The Hall–Kier alpha value is -4.68. The summed E-state index contributed by atoms with van der Waals surface area (Å²) in [6.45, 7) is 10.7. The van der Waals surface area contributed by atoms with Crippen LogP contribution in [0.5, 0.6) is 0 Å². The maximum absolute atomic E-state index is 15.6. The van der Waals surface area contributed by atoms with Crippen molar-refractivity contribution in [3.63, 3.8) is 0 Å². The molecule has 0 spiro atoms. The van der Waals surface area contributed by atoms with Gasteiger partial charge in [0.05, 0.1) is 11.2 Å². The van der Waals surface area contributed by atoms with Gasteiger partial charge in [-0.05, 0) is 63.4 Å². The number of piperidine rings is 1. The molecule has 46 heavy (non-hydrogen) atoms. The van der Waals surface area contributed by atoms with E-state index in [1.54, 1.807) is 26.8 Å². The average Bonchev–Trinajstić information content (AvgIpc) is 3.51. The standard InChI is InChI=1S/C33H37F2N7O4/c1-19(2)31-38-29(39-46-31)20-8-10-40(11-9-20)30-24-16-22(34)15-23(28(24)36-18-37-30)21-6-7-26(25(35)14-21)42-13-12-41(17-27(42)43)32(44)45-33(3,4)5/h6-7,14-16,18-20H,8-13,17H2,1-5H3. The molecular formula is C33H37F2N7O4. The summed E-state index contributed by atoms with van der Waals surface area (Å²) in [6, 6.07) is 7.15. The third-order valence-corrected chi connectivity index (χ3v) is 8.22. The van der Waals surface area contributed by atoms with E-state index in [0.717, 1.165) is 12.8 Å². The van der Waals surface area contributed by atoms with Crippen molar-refractivity contribution < 1.29 is 27.6 Å². The lowest BCUT2D eigenvalue weighted by atomic mass is 9.95. The van der Waals surface area contributed by atoms with Crippen molar-refractivity contribution in [1.29, 1.82) is 0 Å². The van der Waals surface area contributed by atoms with Crippen molar-refractivity contribution in [1.82, 2.24) is 25.0 Å². The Morgan fingerprint density at radius 2 is 1.80 bits per heavy atom. The van der Waals surface area contributed by atoms with Crippen LogP contribution in [0, 0.1) is 11.6 Å². The highest BCUT2D eigenvalue weighted by Crippen LogP contribution is 2.37. The first-order chi connectivity index (χ1) is 21.9. The van der Waals surface area contributed by atoms with Crippen LogP contribution in [-0.2, 0) is 9.53 Å². The lowest BCUT2D eigenvalue weighted by molar-refractivity contribution is -0.121. The molecule has 0 saturated carbocycles. The molecule has 6 rings (SSSR count). The summed E-state index contributed by atoms with van der Waals surface area (Å²) in [4.78, 5) is 43.6.